The highest BCUT2D eigenvalue weighted by molar-refractivity contribution is 6.31. The number of ether oxygens (including phenoxy) is 1. The molecular weight excluding hydrogens is 308 g/mol. The molecule has 4 nitrogen and oxygen atoms in total. The molecule has 106 valence electrons. The summed E-state index contributed by atoms with van der Waals surface area (Å²) in [5.74, 6) is -1.59. The minimum Gasteiger partial charge on any atom is -0.398 e. The Morgan fingerprint density at radius 2 is 1.68 bits per heavy atom. The van der Waals surface area contributed by atoms with Gasteiger partial charge in [-0.3, -0.25) is 10.1 Å². The molecule has 0 heterocycles. The van der Waals surface area contributed by atoms with Crippen LogP contribution in [-0.2, 0) is 6.18 Å². The molecule has 19 heavy (non-hydrogen) atoms. The van der Waals surface area contributed by atoms with E-state index in [0.717, 1.165) is 0 Å². The summed E-state index contributed by atoms with van der Waals surface area (Å²) in [7, 11) is 0. The summed E-state index contributed by atoms with van der Waals surface area (Å²) < 4.78 is 76.3. The quantitative estimate of drug-likeness (QED) is 0.468. The van der Waals surface area contributed by atoms with Gasteiger partial charge < -0.3 is 4.74 Å². The second-order valence-electron chi connectivity index (χ2n) is 3.10. The summed E-state index contributed by atoms with van der Waals surface area (Å²) in [4.78, 5) is 9.10. The van der Waals surface area contributed by atoms with Crippen LogP contribution in [0.25, 0.3) is 0 Å². The van der Waals surface area contributed by atoms with E-state index in [1.807, 2.05) is 0 Å². The number of benzene rings is 1. The first-order chi connectivity index (χ1) is 8.42. The number of rotatable bonds is 2. The molecule has 0 bridgehead atoms. The maximum atomic E-state index is 12.4. The van der Waals surface area contributed by atoms with Gasteiger partial charge in [0.1, 0.15) is 0 Å². The lowest BCUT2D eigenvalue weighted by atomic mass is 10.2. The molecule has 0 radical (unpaired) electrons. The molecular formula is C8H2ClF6NO3. The Bertz CT molecular complexity index is 512. The number of alkyl halides is 6. The van der Waals surface area contributed by atoms with Gasteiger partial charge in [0.25, 0.3) is 0 Å². The van der Waals surface area contributed by atoms with Crippen LogP contribution in [0.5, 0.6) is 5.75 Å². The standard InChI is InChI=1S/C8H2ClF6NO3/c9-4-2-5(16(17)18)6(19-8(13,14)15)1-3(4)7(10,11)12/h1-2H. The molecule has 0 atom stereocenters. The van der Waals surface area contributed by atoms with Gasteiger partial charge in [0.2, 0.25) is 5.75 Å². The summed E-state index contributed by atoms with van der Waals surface area (Å²) in [5, 5.41) is 9.34. The van der Waals surface area contributed by atoms with Gasteiger partial charge in [-0.25, -0.2) is 0 Å². The first-order valence-electron chi connectivity index (χ1n) is 4.22. The summed E-state index contributed by atoms with van der Waals surface area (Å²) in [6, 6.07) is -0.0284. The first-order valence-corrected chi connectivity index (χ1v) is 4.60. The molecule has 0 aromatic heterocycles. The second kappa shape index (κ2) is 4.76. The van der Waals surface area contributed by atoms with Gasteiger partial charge in [0.15, 0.2) is 0 Å². The van der Waals surface area contributed by atoms with E-state index >= 15 is 0 Å². The van der Waals surface area contributed by atoms with Gasteiger partial charge in [0.05, 0.1) is 15.5 Å². The highest BCUT2D eigenvalue weighted by Crippen LogP contribution is 2.42. The highest BCUT2D eigenvalue weighted by Gasteiger charge is 2.39. The summed E-state index contributed by atoms with van der Waals surface area (Å²) in [5.41, 5.74) is -2.99. The maximum Gasteiger partial charge on any atom is 0.573 e. The van der Waals surface area contributed by atoms with Crippen LogP contribution < -0.4 is 4.74 Å². The lowest BCUT2D eigenvalue weighted by Gasteiger charge is -2.13. The van der Waals surface area contributed by atoms with Crippen LogP contribution in [0.15, 0.2) is 12.1 Å². The average molecular weight is 310 g/mol. The normalized spacial score (nSPS) is 12.4. The van der Waals surface area contributed by atoms with E-state index in [1.54, 1.807) is 0 Å². The van der Waals surface area contributed by atoms with E-state index in [0.29, 0.717) is 0 Å². The molecule has 0 fully saturated rings. The average Bonchev–Trinajstić information content (AvgIpc) is 2.15. The van der Waals surface area contributed by atoms with Gasteiger partial charge in [-0.15, -0.1) is 13.2 Å². The van der Waals surface area contributed by atoms with Crippen LogP contribution in [0.1, 0.15) is 5.56 Å². The monoisotopic (exact) mass is 309 g/mol. The molecule has 0 saturated carbocycles. The minimum absolute atomic E-state index is 0.144. The molecule has 1 rings (SSSR count). The Labute approximate surface area is 105 Å². The van der Waals surface area contributed by atoms with Crippen molar-refractivity contribution < 1.29 is 36.0 Å². The molecule has 0 unspecified atom stereocenters. The molecule has 11 heteroatoms. The Kier molecular flexibility index (Phi) is 3.84. The van der Waals surface area contributed by atoms with Crippen molar-refractivity contribution in [2.24, 2.45) is 0 Å². The Hall–Kier alpha value is -1.71. The topological polar surface area (TPSA) is 52.4 Å². The third-order valence-electron chi connectivity index (χ3n) is 1.78. The SMILES string of the molecule is O=[N+]([O-])c1cc(Cl)c(C(F)(F)F)cc1OC(F)(F)F. The number of nitrogens with zero attached hydrogens (tertiary/aromatic N) is 1. The lowest BCUT2D eigenvalue weighted by Crippen LogP contribution is -2.19. The maximum absolute atomic E-state index is 12.4. The van der Waals surface area contributed by atoms with Crippen LogP contribution in [0.4, 0.5) is 32.0 Å². The first kappa shape index (κ1) is 15.3. The predicted molar refractivity (Wildman–Crippen MR) is 49.8 cm³/mol. The fraction of sp³-hybridized carbons (Fsp3) is 0.250. The van der Waals surface area contributed by atoms with Crippen molar-refractivity contribution in [1.82, 2.24) is 0 Å². The number of nitro benzene ring substituents is 1. The van der Waals surface area contributed by atoms with Gasteiger partial charge in [-0.1, -0.05) is 11.6 Å². The van der Waals surface area contributed by atoms with Gasteiger partial charge >= 0.3 is 18.2 Å². The zero-order chi connectivity index (χ0) is 15.0. The van der Waals surface area contributed by atoms with Crippen LogP contribution in [0.3, 0.4) is 0 Å². The fourth-order valence-electron chi connectivity index (χ4n) is 1.11. The molecule has 1 aromatic rings. The third kappa shape index (κ3) is 3.88. The summed E-state index contributed by atoms with van der Waals surface area (Å²) in [6.45, 7) is 0. The molecule has 0 N–H and O–H groups in total. The predicted octanol–water partition coefficient (Wildman–Crippen LogP) is 4.17. The van der Waals surface area contributed by atoms with Gasteiger partial charge in [-0.2, -0.15) is 13.2 Å². The lowest BCUT2D eigenvalue weighted by molar-refractivity contribution is -0.388. The Morgan fingerprint density at radius 1 is 1.16 bits per heavy atom. The number of hydrogen-bond acceptors (Lipinski definition) is 3. The van der Waals surface area contributed by atoms with Crippen LogP contribution in [0.2, 0.25) is 5.02 Å². The highest BCUT2D eigenvalue weighted by atomic mass is 35.5. The molecule has 1 aromatic carbocycles. The Balaban J connectivity index is 3.44. The fourth-order valence-corrected chi connectivity index (χ4v) is 1.37. The molecule has 0 aliphatic heterocycles. The van der Waals surface area contributed by atoms with Crippen molar-refractivity contribution in [2.45, 2.75) is 12.5 Å². The van der Waals surface area contributed by atoms with Crippen molar-refractivity contribution in [3.63, 3.8) is 0 Å². The van der Waals surface area contributed by atoms with Gasteiger partial charge in [0, 0.05) is 12.1 Å². The van der Waals surface area contributed by atoms with Crippen molar-refractivity contribution in [2.75, 3.05) is 0 Å². The molecule has 0 aliphatic rings. The zero-order valence-corrected chi connectivity index (χ0v) is 9.23. The van der Waals surface area contributed by atoms with E-state index in [-0.39, 0.29) is 12.1 Å². The van der Waals surface area contributed by atoms with Crippen molar-refractivity contribution in [3.05, 3.63) is 32.8 Å². The number of hydrogen-bond donors (Lipinski definition) is 0. The largest absolute Gasteiger partial charge is 0.573 e. The summed E-state index contributed by atoms with van der Waals surface area (Å²) >= 11 is 5.14. The van der Waals surface area contributed by atoms with Gasteiger partial charge in [-0.05, 0) is 0 Å². The van der Waals surface area contributed by atoms with Crippen molar-refractivity contribution >= 4 is 17.3 Å². The van der Waals surface area contributed by atoms with E-state index in [2.05, 4.69) is 4.74 Å². The van der Waals surface area contributed by atoms with Crippen LogP contribution >= 0.6 is 11.6 Å². The van der Waals surface area contributed by atoms with E-state index < -0.39 is 39.5 Å². The molecule has 0 spiro atoms. The van der Waals surface area contributed by atoms with Crippen LogP contribution in [-0.4, -0.2) is 11.3 Å². The minimum atomic E-state index is -5.37. The second-order valence-corrected chi connectivity index (χ2v) is 3.51. The zero-order valence-electron chi connectivity index (χ0n) is 8.47. The van der Waals surface area contributed by atoms with E-state index in [4.69, 9.17) is 11.6 Å². The van der Waals surface area contributed by atoms with E-state index in [1.165, 1.54) is 0 Å². The van der Waals surface area contributed by atoms with Crippen molar-refractivity contribution in [3.8, 4) is 5.75 Å². The molecule has 0 aliphatic carbocycles. The Morgan fingerprint density at radius 3 is 2.05 bits per heavy atom. The molecule has 0 saturated heterocycles. The number of halogens is 7. The third-order valence-corrected chi connectivity index (χ3v) is 2.09. The molecule has 0 amide bonds. The van der Waals surface area contributed by atoms with Crippen LogP contribution in [0, 0.1) is 10.1 Å². The summed E-state index contributed by atoms with van der Waals surface area (Å²) in [6.07, 6.45) is -10.4. The number of nitro groups is 1. The van der Waals surface area contributed by atoms with E-state index in [9.17, 15) is 36.5 Å². The smallest absolute Gasteiger partial charge is 0.398 e. The van der Waals surface area contributed by atoms with Crippen molar-refractivity contribution in [1.29, 1.82) is 0 Å².